The number of anilines is 1. The van der Waals surface area contributed by atoms with Crippen LogP contribution in [0.2, 0.25) is 0 Å². The Balaban J connectivity index is 2.63. The highest BCUT2D eigenvalue weighted by atomic mass is 16.6. The number of rotatable bonds is 4. The Morgan fingerprint density at radius 3 is 2.11 bits per heavy atom. The summed E-state index contributed by atoms with van der Waals surface area (Å²) in [6.07, 6.45) is -0.595. The predicted octanol–water partition coefficient (Wildman–Crippen LogP) is 5.27. The van der Waals surface area contributed by atoms with E-state index >= 15 is 0 Å². The molecule has 0 saturated heterocycles. The molecule has 0 N–H and O–H groups in total. The van der Waals surface area contributed by atoms with E-state index in [1.54, 1.807) is 27.7 Å². The van der Waals surface area contributed by atoms with Crippen LogP contribution in [-0.2, 0) is 14.3 Å². The molecule has 2 aromatic rings. The number of hydrogen-bond donors (Lipinski definition) is 0. The summed E-state index contributed by atoms with van der Waals surface area (Å²) in [6.45, 7) is 11.1. The Labute approximate surface area is 167 Å². The van der Waals surface area contributed by atoms with Crippen LogP contribution < -0.4 is 4.90 Å². The third kappa shape index (κ3) is 5.12. The molecule has 150 valence electrons. The number of carbonyl (C=O) groups is 2. The van der Waals surface area contributed by atoms with Gasteiger partial charge in [-0.1, -0.05) is 47.5 Å². The van der Waals surface area contributed by atoms with Gasteiger partial charge in [0.1, 0.15) is 11.6 Å². The Morgan fingerprint density at radius 1 is 1.00 bits per heavy atom. The molecule has 0 aromatic heterocycles. The molecule has 2 rings (SSSR count). The van der Waals surface area contributed by atoms with Crippen molar-refractivity contribution in [2.45, 2.75) is 53.2 Å². The molecule has 0 aliphatic carbocycles. The van der Waals surface area contributed by atoms with Gasteiger partial charge < -0.3 is 9.47 Å². The number of methoxy groups -OCH3 is 1. The molecule has 0 radical (unpaired) electrons. The number of ether oxygens (including phenoxy) is 2. The van der Waals surface area contributed by atoms with Crippen LogP contribution in [0.5, 0.6) is 0 Å². The Morgan fingerprint density at radius 2 is 1.57 bits per heavy atom. The second-order valence-electron chi connectivity index (χ2n) is 7.94. The maximum Gasteiger partial charge on any atom is 0.415 e. The van der Waals surface area contributed by atoms with Crippen molar-refractivity contribution < 1.29 is 19.1 Å². The summed E-state index contributed by atoms with van der Waals surface area (Å²) < 4.78 is 10.5. The molecule has 28 heavy (non-hydrogen) atoms. The molecule has 5 heteroatoms. The van der Waals surface area contributed by atoms with Crippen LogP contribution in [0.3, 0.4) is 0 Å². The quantitative estimate of drug-likeness (QED) is 0.675. The van der Waals surface area contributed by atoms with Gasteiger partial charge in [0, 0.05) is 5.56 Å². The van der Waals surface area contributed by atoms with Gasteiger partial charge in [-0.25, -0.2) is 9.59 Å². The van der Waals surface area contributed by atoms with Gasteiger partial charge in [0.15, 0.2) is 0 Å². The van der Waals surface area contributed by atoms with Crippen molar-refractivity contribution in [3.8, 4) is 11.1 Å². The summed E-state index contributed by atoms with van der Waals surface area (Å²) in [4.78, 5) is 26.7. The van der Waals surface area contributed by atoms with Crippen LogP contribution in [0.1, 0.15) is 38.8 Å². The van der Waals surface area contributed by atoms with Crippen LogP contribution in [0.25, 0.3) is 11.1 Å². The summed E-state index contributed by atoms with van der Waals surface area (Å²) in [5, 5.41) is 0. The number of aryl methyl sites for hydroxylation is 2. The van der Waals surface area contributed by atoms with Crippen molar-refractivity contribution in [3.05, 3.63) is 53.6 Å². The van der Waals surface area contributed by atoms with Crippen LogP contribution in [-0.4, -0.2) is 30.8 Å². The van der Waals surface area contributed by atoms with E-state index in [1.165, 1.54) is 12.0 Å². The average molecular weight is 383 g/mol. The summed E-state index contributed by atoms with van der Waals surface area (Å²) in [6, 6.07) is 12.9. The lowest BCUT2D eigenvalue weighted by Gasteiger charge is -2.31. The van der Waals surface area contributed by atoms with Crippen LogP contribution in [0, 0.1) is 13.8 Å². The Hall–Kier alpha value is -2.82. The number of hydrogen-bond acceptors (Lipinski definition) is 4. The lowest BCUT2D eigenvalue weighted by molar-refractivity contribution is -0.141. The zero-order valence-electron chi connectivity index (χ0n) is 17.7. The minimum absolute atomic E-state index is 0.513. The minimum Gasteiger partial charge on any atom is -0.467 e. The van der Waals surface area contributed by atoms with Gasteiger partial charge in [0.05, 0.1) is 12.8 Å². The molecule has 0 saturated carbocycles. The van der Waals surface area contributed by atoms with Crippen molar-refractivity contribution in [1.82, 2.24) is 0 Å². The van der Waals surface area contributed by atoms with Gasteiger partial charge in [0.25, 0.3) is 0 Å². The number of esters is 1. The maximum absolute atomic E-state index is 13.0. The fourth-order valence-corrected chi connectivity index (χ4v) is 3.11. The third-order valence-corrected chi connectivity index (χ3v) is 4.22. The second kappa shape index (κ2) is 8.46. The van der Waals surface area contributed by atoms with Crippen LogP contribution >= 0.6 is 0 Å². The van der Waals surface area contributed by atoms with E-state index in [9.17, 15) is 9.59 Å². The summed E-state index contributed by atoms with van der Waals surface area (Å²) in [5.41, 5.74) is 3.96. The Bertz CT molecular complexity index is 847. The SMILES string of the molecule is COC(=O)[C@H](C)N(C(=O)OC(C)(C)C)c1ccccc1-c1cc(C)cc(C)c1. The highest BCUT2D eigenvalue weighted by Crippen LogP contribution is 2.34. The van der Waals surface area contributed by atoms with E-state index in [1.807, 2.05) is 38.1 Å². The van der Waals surface area contributed by atoms with E-state index in [0.717, 1.165) is 22.3 Å². The fourth-order valence-electron chi connectivity index (χ4n) is 3.11. The molecule has 0 fully saturated rings. The first-order chi connectivity index (χ1) is 13.0. The molecule has 1 atom stereocenters. The zero-order valence-corrected chi connectivity index (χ0v) is 17.7. The van der Waals surface area contributed by atoms with E-state index in [0.29, 0.717) is 5.69 Å². The number of carbonyl (C=O) groups excluding carboxylic acids is 2. The highest BCUT2D eigenvalue weighted by molar-refractivity contribution is 5.99. The third-order valence-electron chi connectivity index (χ3n) is 4.22. The zero-order chi connectivity index (χ0) is 21.1. The molecule has 0 aliphatic heterocycles. The first-order valence-corrected chi connectivity index (χ1v) is 9.31. The minimum atomic E-state index is -0.841. The van der Waals surface area contributed by atoms with Crippen molar-refractivity contribution in [2.75, 3.05) is 12.0 Å². The molecule has 0 heterocycles. The first-order valence-electron chi connectivity index (χ1n) is 9.31. The number of nitrogens with zero attached hydrogens (tertiary/aromatic N) is 1. The van der Waals surface area contributed by atoms with Crippen molar-refractivity contribution >= 4 is 17.7 Å². The lowest BCUT2D eigenvalue weighted by Crippen LogP contribution is -2.46. The highest BCUT2D eigenvalue weighted by Gasteiger charge is 2.33. The Kier molecular flexibility index (Phi) is 6.49. The van der Waals surface area contributed by atoms with Crippen molar-refractivity contribution in [2.24, 2.45) is 0 Å². The van der Waals surface area contributed by atoms with Gasteiger partial charge in [-0.3, -0.25) is 4.90 Å². The normalized spacial score (nSPS) is 12.2. The van der Waals surface area contributed by atoms with Crippen molar-refractivity contribution in [3.63, 3.8) is 0 Å². The van der Waals surface area contributed by atoms with E-state index < -0.39 is 23.7 Å². The van der Waals surface area contributed by atoms with Gasteiger partial charge in [0.2, 0.25) is 0 Å². The molecule has 5 nitrogen and oxygen atoms in total. The summed E-state index contributed by atoms with van der Waals surface area (Å²) in [5.74, 6) is -0.513. The van der Waals surface area contributed by atoms with Crippen LogP contribution in [0.15, 0.2) is 42.5 Å². The standard InChI is InChI=1S/C23H29NO4/c1-15-12-16(2)14-18(13-15)19-10-8-9-11-20(19)24(17(3)21(25)27-7)22(26)28-23(4,5)6/h8-14,17H,1-7H3/t17-/m0/s1. The smallest absolute Gasteiger partial charge is 0.415 e. The maximum atomic E-state index is 13.0. The van der Waals surface area contributed by atoms with Gasteiger partial charge >= 0.3 is 12.1 Å². The van der Waals surface area contributed by atoms with Crippen LogP contribution in [0.4, 0.5) is 10.5 Å². The molecule has 0 spiro atoms. The fraction of sp³-hybridized carbons (Fsp3) is 0.391. The molecular weight excluding hydrogens is 354 g/mol. The number of amides is 1. The topological polar surface area (TPSA) is 55.8 Å². The first kappa shape index (κ1) is 21.5. The second-order valence-corrected chi connectivity index (χ2v) is 7.94. The van der Waals surface area contributed by atoms with E-state index in [4.69, 9.17) is 9.47 Å². The molecular formula is C23H29NO4. The van der Waals surface area contributed by atoms with Gasteiger partial charge in [-0.2, -0.15) is 0 Å². The number of para-hydroxylation sites is 1. The molecule has 2 aromatic carbocycles. The van der Waals surface area contributed by atoms with Gasteiger partial charge in [-0.15, -0.1) is 0 Å². The van der Waals surface area contributed by atoms with Gasteiger partial charge in [-0.05, 0) is 53.2 Å². The average Bonchev–Trinajstić information content (AvgIpc) is 2.59. The predicted molar refractivity (Wildman–Crippen MR) is 112 cm³/mol. The van der Waals surface area contributed by atoms with E-state index in [2.05, 4.69) is 18.2 Å². The largest absolute Gasteiger partial charge is 0.467 e. The molecule has 0 bridgehead atoms. The summed E-state index contributed by atoms with van der Waals surface area (Å²) in [7, 11) is 1.31. The summed E-state index contributed by atoms with van der Waals surface area (Å²) >= 11 is 0. The molecule has 0 unspecified atom stereocenters. The van der Waals surface area contributed by atoms with Crippen molar-refractivity contribution in [1.29, 1.82) is 0 Å². The molecule has 0 aliphatic rings. The monoisotopic (exact) mass is 383 g/mol. The van der Waals surface area contributed by atoms with E-state index in [-0.39, 0.29) is 0 Å². The molecule has 1 amide bonds. The lowest BCUT2D eigenvalue weighted by atomic mass is 9.98. The number of benzene rings is 2.